The van der Waals surface area contributed by atoms with Crippen molar-refractivity contribution in [3.63, 3.8) is 0 Å². The lowest BCUT2D eigenvalue weighted by Gasteiger charge is -2.12. The van der Waals surface area contributed by atoms with E-state index in [1.54, 1.807) is 6.20 Å². The lowest BCUT2D eigenvalue weighted by molar-refractivity contribution is 0.854. The number of rotatable bonds is 4. The Bertz CT molecular complexity index is 973. The van der Waals surface area contributed by atoms with Crippen molar-refractivity contribution >= 4 is 22.2 Å². The molecule has 114 valence electrons. The molecule has 3 aromatic heterocycles. The van der Waals surface area contributed by atoms with Crippen LogP contribution in [-0.4, -0.2) is 19.6 Å². The second-order valence-corrected chi connectivity index (χ2v) is 5.42. The summed E-state index contributed by atoms with van der Waals surface area (Å²) in [6.07, 6.45) is 4.50. The van der Waals surface area contributed by atoms with Gasteiger partial charge in [0.15, 0.2) is 5.65 Å². The van der Waals surface area contributed by atoms with Crippen LogP contribution in [-0.2, 0) is 13.0 Å². The van der Waals surface area contributed by atoms with Crippen molar-refractivity contribution in [3.05, 3.63) is 66.2 Å². The maximum atomic E-state index is 4.68. The molecule has 0 atom stereocenters. The molecule has 1 aromatic carbocycles. The zero-order valence-electron chi connectivity index (χ0n) is 12.9. The van der Waals surface area contributed by atoms with Gasteiger partial charge < -0.3 is 5.32 Å². The Labute approximate surface area is 134 Å². The Morgan fingerprint density at radius 2 is 2.00 bits per heavy atom. The predicted octanol–water partition coefficient (Wildman–Crippen LogP) is 3.45. The van der Waals surface area contributed by atoms with Crippen LogP contribution in [0.5, 0.6) is 0 Å². The minimum absolute atomic E-state index is 0.678. The van der Waals surface area contributed by atoms with Gasteiger partial charge in [-0.2, -0.15) is 5.10 Å². The molecule has 0 bridgehead atoms. The maximum absolute atomic E-state index is 4.68. The Morgan fingerprint density at radius 1 is 1.09 bits per heavy atom. The van der Waals surface area contributed by atoms with E-state index >= 15 is 0 Å². The van der Waals surface area contributed by atoms with E-state index in [2.05, 4.69) is 45.5 Å². The average Bonchev–Trinajstić information content (AvgIpc) is 3.08. The normalized spacial score (nSPS) is 11.2. The molecule has 0 radical (unpaired) electrons. The van der Waals surface area contributed by atoms with Crippen molar-refractivity contribution in [2.75, 3.05) is 5.32 Å². The molecule has 1 N–H and O–H groups in total. The van der Waals surface area contributed by atoms with Crippen molar-refractivity contribution in [1.82, 2.24) is 19.6 Å². The van der Waals surface area contributed by atoms with Crippen molar-refractivity contribution in [2.24, 2.45) is 0 Å². The monoisotopic (exact) mass is 303 g/mol. The van der Waals surface area contributed by atoms with E-state index in [0.717, 1.165) is 40.0 Å². The van der Waals surface area contributed by atoms with Crippen molar-refractivity contribution in [2.45, 2.75) is 19.9 Å². The molecule has 4 rings (SSSR count). The Kier molecular flexibility index (Phi) is 3.38. The summed E-state index contributed by atoms with van der Waals surface area (Å²) in [5.74, 6) is 0. The van der Waals surface area contributed by atoms with Crippen LogP contribution in [0.15, 0.2) is 54.9 Å². The zero-order chi connectivity index (χ0) is 15.6. The van der Waals surface area contributed by atoms with Gasteiger partial charge in [0.05, 0.1) is 24.0 Å². The standard InChI is InChI=1S/C18H17N5/c1-2-13-11-17(15-5-3-4-6-16(15)22-13)20-12-14-7-9-19-18-8-10-21-23(14)18/h3-11H,2,12H2,1H3,(H,20,22). The third kappa shape index (κ3) is 2.50. The van der Waals surface area contributed by atoms with Crippen LogP contribution in [0, 0.1) is 0 Å². The predicted molar refractivity (Wildman–Crippen MR) is 91.4 cm³/mol. The summed E-state index contributed by atoms with van der Waals surface area (Å²) in [6, 6.07) is 14.2. The lowest BCUT2D eigenvalue weighted by atomic mass is 10.1. The van der Waals surface area contributed by atoms with Crippen LogP contribution in [0.4, 0.5) is 5.69 Å². The van der Waals surface area contributed by atoms with E-state index in [1.165, 1.54) is 0 Å². The molecule has 0 saturated carbocycles. The highest BCUT2D eigenvalue weighted by molar-refractivity contribution is 5.91. The highest BCUT2D eigenvalue weighted by Gasteiger charge is 2.06. The van der Waals surface area contributed by atoms with Crippen molar-refractivity contribution in [3.8, 4) is 0 Å². The third-order valence-corrected chi connectivity index (χ3v) is 3.96. The van der Waals surface area contributed by atoms with Crippen LogP contribution in [0.3, 0.4) is 0 Å². The van der Waals surface area contributed by atoms with Crippen LogP contribution in [0.2, 0.25) is 0 Å². The lowest BCUT2D eigenvalue weighted by Crippen LogP contribution is -2.07. The molecule has 23 heavy (non-hydrogen) atoms. The molecule has 0 unspecified atom stereocenters. The smallest absolute Gasteiger partial charge is 0.155 e. The first-order chi connectivity index (χ1) is 11.3. The quantitative estimate of drug-likeness (QED) is 0.627. The number of aryl methyl sites for hydroxylation is 1. The number of aromatic nitrogens is 4. The maximum Gasteiger partial charge on any atom is 0.155 e. The molecule has 0 aliphatic heterocycles. The Balaban J connectivity index is 1.71. The zero-order valence-corrected chi connectivity index (χ0v) is 12.9. The minimum Gasteiger partial charge on any atom is -0.379 e. The van der Waals surface area contributed by atoms with Gasteiger partial charge in [0.2, 0.25) is 0 Å². The molecule has 0 spiro atoms. The van der Waals surface area contributed by atoms with E-state index in [-0.39, 0.29) is 0 Å². The number of hydrogen-bond donors (Lipinski definition) is 1. The van der Waals surface area contributed by atoms with Gasteiger partial charge >= 0.3 is 0 Å². The number of para-hydroxylation sites is 1. The van der Waals surface area contributed by atoms with Crippen LogP contribution in [0.1, 0.15) is 18.3 Å². The molecule has 0 amide bonds. The van der Waals surface area contributed by atoms with E-state index < -0.39 is 0 Å². The Morgan fingerprint density at radius 3 is 2.91 bits per heavy atom. The number of hydrogen-bond acceptors (Lipinski definition) is 4. The molecule has 5 heteroatoms. The van der Waals surface area contributed by atoms with Crippen molar-refractivity contribution < 1.29 is 0 Å². The number of nitrogens with one attached hydrogen (secondary N) is 1. The number of benzene rings is 1. The van der Waals surface area contributed by atoms with Crippen molar-refractivity contribution in [1.29, 1.82) is 0 Å². The number of fused-ring (bicyclic) bond motifs is 2. The topological polar surface area (TPSA) is 55.1 Å². The molecular formula is C18H17N5. The van der Waals surface area contributed by atoms with Gasteiger partial charge in [-0.25, -0.2) is 9.50 Å². The van der Waals surface area contributed by atoms with Gasteiger partial charge in [0.25, 0.3) is 0 Å². The molecule has 0 aliphatic carbocycles. The fourth-order valence-electron chi connectivity index (χ4n) is 2.76. The molecule has 0 aliphatic rings. The molecule has 5 nitrogen and oxygen atoms in total. The highest BCUT2D eigenvalue weighted by atomic mass is 15.3. The first kappa shape index (κ1) is 13.7. The number of nitrogens with zero attached hydrogens (tertiary/aromatic N) is 4. The SMILES string of the molecule is CCc1cc(NCc2ccnc3ccnn23)c2ccccc2n1. The second-order valence-electron chi connectivity index (χ2n) is 5.42. The van der Waals surface area contributed by atoms with Gasteiger partial charge in [-0.1, -0.05) is 25.1 Å². The number of anilines is 1. The first-order valence-electron chi connectivity index (χ1n) is 7.75. The van der Waals surface area contributed by atoms with E-state index in [1.807, 2.05) is 35.0 Å². The minimum atomic E-state index is 0.678. The van der Waals surface area contributed by atoms with E-state index in [0.29, 0.717) is 6.54 Å². The summed E-state index contributed by atoms with van der Waals surface area (Å²) in [5, 5.41) is 9.00. The van der Waals surface area contributed by atoms with Gasteiger partial charge in [0, 0.05) is 29.0 Å². The summed E-state index contributed by atoms with van der Waals surface area (Å²) in [4.78, 5) is 8.98. The second kappa shape index (κ2) is 5.68. The van der Waals surface area contributed by atoms with Crippen LogP contribution >= 0.6 is 0 Å². The molecule has 0 saturated heterocycles. The fraction of sp³-hybridized carbons (Fsp3) is 0.167. The van der Waals surface area contributed by atoms with Crippen LogP contribution < -0.4 is 5.32 Å². The van der Waals surface area contributed by atoms with Gasteiger partial charge in [-0.05, 0) is 24.6 Å². The van der Waals surface area contributed by atoms with E-state index in [9.17, 15) is 0 Å². The van der Waals surface area contributed by atoms with Gasteiger partial charge in [-0.3, -0.25) is 4.98 Å². The molecule has 3 heterocycles. The summed E-state index contributed by atoms with van der Waals surface area (Å²) >= 11 is 0. The summed E-state index contributed by atoms with van der Waals surface area (Å²) in [5.41, 5.74) is 5.14. The highest BCUT2D eigenvalue weighted by Crippen LogP contribution is 2.24. The average molecular weight is 303 g/mol. The van der Waals surface area contributed by atoms with Crippen LogP contribution in [0.25, 0.3) is 16.6 Å². The first-order valence-corrected chi connectivity index (χ1v) is 7.75. The van der Waals surface area contributed by atoms with Gasteiger partial charge in [-0.15, -0.1) is 0 Å². The molecule has 4 aromatic rings. The molecule has 0 fully saturated rings. The summed E-state index contributed by atoms with van der Waals surface area (Å²) in [6.45, 7) is 2.80. The fourth-order valence-corrected chi connectivity index (χ4v) is 2.76. The number of pyridine rings is 1. The largest absolute Gasteiger partial charge is 0.379 e. The summed E-state index contributed by atoms with van der Waals surface area (Å²) in [7, 11) is 0. The van der Waals surface area contributed by atoms with E-state index in [4.69, 9.17) is 0 Å². The Hall–Kier alpha value is -2.95. The van der Waals surface area contributed by atoms with Gasteiger partial charge in [0.1, 0.15) is 0 Å². The molecular weight excluding hydrogens is 286 g/mol. The third-order valence-electron chi connectivity index (χ3n) is 3.96. The summed E-state index contributed by atoms with van der Waals surface area (Å²) < 4.78 is 1.86.